The van der Waals surface area contributed by atoms with Gasteiger partial charge in [0.15, 0.2) is 5.65 Å². The molecule has 3 aromatic rings. The first-order valence-electron chi connectivity index (χ1n) is 9.26. The lowest BCUT2D eigenvalue weighted by molar-refractivity contribution is -0.146. The number of halogens is 3. The average Bonchev–Trinajstić information content (AvgIpc) is 3.36. The Kier molecular flexibility index (Phi) is 5.39. The van der Waals surface area contributed by atoms with E-state index in [0.717, 1.165) is 10.9 Å². The maximum atomic E-state index is 13.0. The molecule has 29 heavy (non-hydrogen) atoms. The number of anilines is 1. The molecule has 1 fully saturated rings. The van der Waals surface area contributed by atoms with Gasteiger partial charge < -0.3 is 10.2 Å². The molecule has 7 nitrogen and oxygen atoms in total. The van der Waals surface area contributed by atoms with Crippen molar-refractivity contribution in [2.45, 2.75) is 25.4 Å². The fourth-order valence-electron chi connectivity index (χ4n) is 3.40. The number of nitrogens with zero attached hydrogens (tertiary/aromatic N) is 5. The molecule has 0 aromatic carbocycles. The summed E-state index contributed by atoms with van der Waals surface area (Å²) in [6.07, 6.45) is -2.57. The van der Waals surface area contributed by atoms with Crippen LogP contribution in [-0.4, -0.2) is 45.4 Å². The number of carbonyl (C=O) groups excluding carboxylic acids is 1. The van der Waals surface area contributed by atoms with Crippen LogP contribution in [0.3, 0.4) is 0 Å². The maximum Gasteiger partial charge on any atom is 0.453 e. The SMILES string of the molecule is O=C(NCCc1cccs1)C1CCN(c2ccc3nnc(C(F)(F)F)n3n2)CC1. The van der Waals surface area contributed by atoms with E-state index in [-0.39, 0.29) is 17.5 Å². The van der Waals surface area contributed by atoms with Gasteiger partial charge in [0, 0.05) is 30.4 Å². The lowest BCUT2D eigenvalue weighted by Crippen LogP contribution is -2.41. The van der Waals surface area contributed by atoms with Crippen molar-refractivity contribution in [2.24, 2.45) is 5.92 Å². The number of rotatable bonds is 5. The summed E-state index contributed by atoms with van der Waals surface area (Å²) in [5, 5.41) is 15.8. The average molecular weight is 424 g/mol. The van der Waals surface area contributed by atoms with Crippen LogP contribution in [0.2, 0.25) is 0 Å². The van der Waals surface area contributed by atoms with Crippen LogP contribution in [0.5, 0.6) is 0 Å². The Hall–Kier alpha value is -2.69. The predicted octanol–water partition coefficient (Wildman–Crippen LogP) is 2.78. The fourth-order valence-corrected chi connectivity index (χ4v) is 4.11. The Morgan fingerprint density at radius 1 is 1.21 bits per heavy atom. The van der Waals surface area contributed by atoms with Crippen molar-refractivity contribution >= 4 is 28.7 Å². The predicted molar refractivity (Wildman–Crippen MR) is 102 cm³/mol. The van der Waals surface area contributed by atoms with Crippen molar-refractivity contribution in [1.82, 2.24) is 25.1 Å². The van der Waals surface area contributed by atoms with Gasteiger partial charge in [-0.1, -0.05) is 6.07 Å². The second-order valence-corrected chi connectivity index (χ2v) is 7.90. The van der Waals surface area contributed by atoms with Gasteiger partial charge in [-0.25, -0.2) is 0 Å². The first kappa shape index (κ1) is 19.6. The van der Waals surface area contributed by atoms with Gasteiger partial charge in [-0.2, -0.15) is 17.7 Å². The third kappa shape index (κ3) is 4.34. The van der Waals surface area contributed by atoms with E-state index in [1.54, 1.807) is 17.4 Å². The number of thiophene rings is 1. The van der Waals surface area contributed by atoms with Crippen molar-refractivity contribution in [3.63, 3.8) is 0 Å². The molecule has 0 aliphatic carbocycles. The Labute approximate surface area is 168 Å². The Morgan fingerprint density at radius 3 is 2.69 bits per heavy atom. The highest BCUT2D eigenvalue weighted by atomic mass is 32.1. The van der Waals surface area contributed by atoms with Crippen LogP contribution in [-0.2, 0) is 17.4 Å². The highest BCUT2D eigenvalue weighted by molar-refractivity contribution is 7.09. The number of nitrogens with one attached hydrogen (secondary N) is 1. The second kappa shape index (κ2) is 7.97. The van der Waals surface area contributed by atoms with E-state index in [0.29, 0.717) is 38.3 Å². The van der Waals surface area contributed by atoms with Gasteiger partial charge in [-0.05, 0) is 42.8 Å². The molecule has 0 radical (unpaired) electrons. The normalized spacial score (nSPS) is 15.8. The topological polar surface area (TPSA) is 75.4 Å². The van der Waals surface area contributed by atoms with E-state index in [1.807, 2.05) is 22.4 Å². The zero-order valence-electron chi connectivity index (χ0n) is 15.4. The van der Waals surface area contributed by atoms with Crippen LogP contribution >= 0.6 is 11.3 Å². The molecule has 11 heteroatoms. The van der Waals surface area contributed by atoms with E-state index in [9.17, 15) is 18.0 Å². The first-order chi connectivity index (χ1) is 13.9. The summed E-state index contributed by atoms with van der Waals surface area (Å²) in [5.41, 5.74) is 0.0427. The van der Waals surface area contributed by atoms with Crippen molar-refractivity contribution in [3.8, 4) is 0 Å². The quantitative estimate of drug-likeness (QED) is 0.682. The highest BCUT2D eigenvalue weighted by Crippen LogP contribution is 2.28. The molecule has 4 heterocycles. The number of carbonyl (C=O) groups is 1. The Balaban J connectivity index is 1.35. The molecule has 0 unspecified atom stereocenters. The van der Waals surface area contributed by atoms with Crippen LogP contribution in [0, 0.1) is 5.92 Å². The lowest BCUT2D eigenvalue weighted by atomic mass is 9.96. The summed E-state index contributed by atoms with van der Waals surface area (Å²) in [6, 6.07) is 7.12. The molecule has 1 aliphatic heterocycles. The highest BCUT2D eigenvalue weighted by Gasteiger charge is 2.38. The van der Waals surface area contributed by atoms with E-state index >= 15 is 0 Å². The zero-order chi connectivity index (χ0) is 20.4. The van der Waals surface area contributed by atoms with Crippen molar-refractivity contribution < 1.29 is 18.0 Å². The van der Waals surface area contributed by atoms with E-state index in [1.165, 1.54) is 10.9 Å². The summed E-state index contributed by atoms with van der Waals surface area (Å²) < 4.78 is 39.8. The number of fused-ring (bicyclic) bond motifs is 1. The third-order valence-electron chi connectivity index (χ3n) is 4.94. The first-order valence-corrected chi connectivity index (χ1v) is 10.1. The standard InChI is InChI=1S/C18H19F3N6OS/c19-18(20,21)17-24-23-14-3-4-15(25-27(14)17)26-9-6-12(7-10-26)16(28)22-8-5-13-2-1-11-29-13/h1-4,11-12H,5-10H2,(H,22,28). The van der Waals surface area contributed by atoms with Gasteiger partial charge in [0.2, 0.25) is 5.91 Å². The molecule has 1 aliphatic rings. The number of hydrogen-bond acceptors (Lipinski definition) is 6. The van der Waals surface area contributed by atoms with E-state index in [4.69, 9.17) is 0 Å². The van der Waals surface area contributed by atoms with Crippen molar-refractivity contribution in [3.05, 3.63) is 40.3 Å². The second-order valence-electron chi connectivity index (χ2n) is 6.86. The molecular formula is C18H19F3N6OS. The maximum absolute atomic E-state index is 13.0. The van der Waals surface area contributed by atoms with Gasteiger partial charge in [-0.15, -0.1) is 26.6 Å². The minimum atomic E-state index is -4.63. The molecule has 0 atom stereocenters. The summed E-state index contributed by atoms with van der Waals surface area (Å²) in [7, 11) is 0. The lowest BCUT2D eigenvalue weighted by Gasteiger charge is -2.32. The van der Waals surface area contributed by atoms with Gasteiger partial charge in [0.05, 0.1) is 0 Å². The van der Waals surface area contributed by atoms with E-state index < -0.39 is 12.0 Å². The largest absolute Gasteiger partial charge is 0.453 e. The van der Waals surface area contributed by atoms with Crippen LogP contribution in [0.25, 0.3) is 5.65 Å². The monoisotopic (exact) mass is 424 g/mol. The molecule has 4 rings (SSSR count). The minimum absolute atomic E-state index is 0.0304. The summed E-state index contributed by atoms with van der Waals surface area (Å²) in [5.74, 6) is -0.796. The van der Waals surface area contributed by atoms with Crippen LogP contribution in [0.15, 0.2) is 29.6 Å². The molecule has 1 N–H and O–H groups in total. The molecule has 0 saturated carbocycles. The number of piperidine rings is 1. The smallest absolute Gasteiger partial charge is 0.355 e. The molecule has 1 saturated heterocycles. The van der Waals surface area contributed by atoms with Crippen molar-refractivity contribution in [1.29, 1.82) is 0 Å². The van der Waals surface area contributed by atoms with Gasteiger partial charge in [0.25, 0.3) is 5.82 Å². The van der Waals surface area contributed by atoms with Crippen molar-refractivity contribution in [2.75, 3.05) is 24.5 Å². The molecule has 3 aromatic heterocycles. The van der Waals surface area contributed by atoms with Gasteiger partial charge in [-0.3, -0.25) is 4.79 Å². The number of alkyl halides is 3. The number of amides is 1. The van der Waals surface area contributed by atoms with Crippen LogP contribution < -0.4 is 10.2 Å². The van der Waals surface area contributed by atoms with Crippen LogP contribution in [0.4, 0.5) is 19.0 Å². The minimum Gasteiger partial charge on any atom is -0.355 e. The zero-order valence-corrected chi connectivity index (χ0v) is 16.2. The molecule has 1 amide bonds. The molecule has 154 valence electrons. The third-order valence-corrected chi connectivity index (χ3v) is 5.88. The Morgan fingerprint density at radius 2 is 2.00 bits per heavy atom. The molecular weight excluding hydrogens is 405 g/mol. The number of aromatic nitrogens is 4. The summed E-state index contributed by atoms with van der Waals surface area (Å²) in [6.45, 7) is 1.70. The Bertz CT molecular complexity index is 979. The molecule has 0 bridgehead atoms. The summed E-state index contributed by atoms with van der Waals surface area (Å²) >= 11 is 1.67. The fraction of sp³-hybridized carbons (Fsp3) is 0.444. The van der Waals surface area contributed by atoms with Gasteiger partial charge >= 0.3 is 6.18 Å². The van der Waals surface area contributed by atoms with Gasteiger partial charge in [0.1, 0.15) is 5.82 Å². The summed E-state index contributed by atoms with van der Waals surface area (Å²) in [4.78, 5) is 15.5. The van der Waals surface area contributed by atoms with E-state index in [2.05, 4.69) is 20.6 Å². The van der Waals surface area contributed by atoms with Crippen LogP contribution in [0.1, 0.15) is 23.5 Å². The molecule has 0 spiro atoms. The number of hydrogen-bond donors (Lipinski definition) is 1.